The molecular formula is C10H15NO3. The SMILES string of the molecule is O=C(O)c1ccn(CCCCCO)c1. The Balaban J connectivity index is 2.33. The maximum absolute atomic E-state index is 10.5. The van der Waals surface area contributed by atoms with Crippen LogP contribution in [-0.4, -0.2) is 27.4 Å². The van der Waals surface area contributed by atoms with Gasteiger partial charge in [-0.25, -0.2) is 4.79 Å². The molecule has 1 rings (SSSR count). The lowest BCUT2D eigenvalue weighted by Gasteiger charge is -2.00. The van der Waals surface area contributed by atoms with Crippen molar-refractivity contribution >= 4 is 5.97 Å². The fraction of sp³-hybridized carbons (Fsp3) is 0.500. The monoisotopic (exact) mass is 197 g/mol. The number of carboxylic acids is 1. The van der Waals surface area contributed by atoms with Crippen LogP contribution < -0.4 is 0 Å². The number of aryl methyl sites for hydroxylation is 1. The lowest BCUT2D eigenvalue weighted by atomic mass is 10.2. The molecule has 0 aliphatic carbocycles. The normalized spacial score (nSPS) is 10.4. The van der Waals surface area contributed by atoms with Gasteiger partial charge in [0, 0.05) is 25.5 Å². The van der Waals surface area contributed by atoms with Gasteiger partial charge in [-0.3, -0.25) is 0 Å². The van der Waals surface area contributed by atoms with Crippen LogP contribution in [0.15, 0.2) is 18.5 Å². The van der Waals surface area contributed by atoms with E-state index in [4.69, 9.17) is 10.2 Å². The second-order valence-electron chi connectivity index (χ2n) is 3.23. The molecule has 1 aromatic rings. The van der Waals surface area contributed by atoms with Crippen LogP contribution in [0.1, 0.15) is 29.6 Å². The first-order valence-corrected chi connectivity index (χ1v) is 4.74. The Morgan fingerprint density at radius 1 is 1.36 bits per heavy atom. The van der Waals surface area contributed by atoms with Crippen LogP contribution in [-0.2, 0) is 6.54 Å². The second-order valence-corrected chi connectivity index (χ2v) is 3.23. The lowest BCUT2D eigenvalue weighted by molar-refractivity contribution is 0.0697. The Morgan fingerprint density at radius 3 is 2.71 bits per heavy atom. The Bertz CT molecular complexity index is 293. The van der Waals surface area contributed by atoms with E-state index < -0.39 is 5.97 Å². The molecule has 0 saturated heterocycles. The summed E-state index contributed by atoms with van der Waals surface area (Å²) in [5.41, 5.74) is 0.326. The minimum Gasteiger partial charge on any atom is -0.478 e. The molecule has 1 heterocycles. The van der Waals surface area contributed by atoms with Gasteiger partial charge in [0.05, 0.1) is 5.56 Å². The number of aromatic nitrogens is 1. The van der Waals surface area contributed by atoms with Gasteiger partial charge in [-0.05, 0) is 25.3 Å². The summed E-state index contributed by atoms with van der Waals surface area (Å²) in [6.45, 7) is 1.04. The number of aromatic carboxylic acids is 1. The average Bonchev–Trinajstić information content (AvgIpc) is 2.61. The molecule has 0 amide bonds. The Kier molecular flexibility index (Phi) is 4.19. The summed E-state index contributed by atoms with van der Waals surface area (Å²) in [6, 6.07) is 1.59. The molecule has 0 aliphatic rings. The van der Waals surface area contributed by atoms with E-state index in [1.807, 2.05) is 4.57 Å². The van der Waals surface area contributed by atoms with Crippen LogP contribution >= 0.6 is 0 Å². The number of carboxylic acid groups (broad SMARTS) is 1. The summed E-state index contributed by atoms with van der Waals surface area (Å²) in [5.74, 6) is -0.890. The summed E-state index contributed by atoms with van der Waals surface area (Å²) in [7, 11) is 0. The van der Waals surface area contributed by atoms with Gasteiger partial charge in [0.2, 0.25) is 0 Å². The van der Waals surface area contributed by atoms with Gasteiger partial charge in [0.25, 0.3) is 0 Å². The van der Waals surface area contributed by atoms with E-state index in [9.17, 15) is 4.79 Å². The van der Waals surface area contributed by atoms with Crippen molar-refractivity contribution in [2.75, 3.05) is 6.61 Å². The standard InChI is InChI=1S/C10H15NO3/c12-7-3-1-2-5-11-6-4-9(8-11)10(13)14/h4,6,8,12H,1-3,5,7H2,(H,13,14). The third-order valence-electron chi connectivity index (χ3n) is 2.07. The highest BCUT2D eigenvalue weighted by molar-refractivity contribution is 5.87. The van der Waals surface area contributed by atoms with Gasteiger partial charge in [-0.2, -0.15) is 0 Å². The average molecular weight is 197 g/mol. The van der Waals surface area contributed by atoms with Crippen molar-refractivity contribution in [2.45, 2.75) is 25.8 Å². The minimum absolute atomic E-state index is 0.228. The van der Waals surface area contributed by atoms with Crippen LogP contribution in [0, 0.1) is 0 Å². The van der Waals surface area contributed by atoms with Crippen LogP contribution in [0.5, 0.6) is 0 Å². The zero-order chi connectivity index (χ0) is 10.4. The maximum atomic E-state index is 10.5. The van der Waals surface area contributed by atoms with Crippen molar-refractivity contribution in [1.82, 2.24) is 4.57 Å². The largest absolute Gasteiger partial charge is 0.478 e. The number of hydrogen-bond donors (Lipinski definition) is 2. The molecule has 0 saturated carbocycles. The van der Waals surface area contributed by atoms with Crippen LogP contribution in [0.25, 0.3) is 0 Å². The predicted molar refractivity (Wildman–Crippen MR) is 52.3 cm³/mol. The Morgan fingerprint density at radius 2 is 2.14 bits per heavy atom. The summed E-state index contributed by atoms with van der Waals surface area (Å²) in [5, 5.41) is 17.2. The molecule has 78 valence electrons. The molecular weight excluding hydrogens is 182 g/mol. The molecule has 0 unspecified atom stereocenters. The third-order valence-corrected chi connectivity index (χ3v) is 2.07. The first-order valence-electron chi connectivity index (χ1n) is 4.74. The molecule has 0 fully saturated rings. The molecule has 0 aromatic carbocycles. The van der Waals surface area contributed by atoms with E-state index in [1.54, 1.807) is 18.5 Å². The summed E-state index contributed by atoms with van der Waals surface area (Å²) >= 11 is 0. The molecule has 2 N–H and O–H groups in total. The molecule has 4 nitrogen and oxygen atoms in total. The molecule has 0 aliphatic heterocycles. The zero-order valence-electron chi connectivity index (χ0n) is 8.02. The van der Waals surface area contributed by atoms with Crippen molar-refractivity contribution < 1.29 is 15.0 Å². The predicted octanol–water partition coefficient (Wildman–Crippen LogP) is 1.35. The van der Waals surface area contributed by atoms with Gasteiger partial charge < -0.3 is 14.8 Å². The third kappa shape index (κ3) is 3.22. The first-order chi connectivity index (χ1) is 6.74. The topological polar surface area (TPSA) is 62.5 Å². The van der Waals surface area contributed by atoms with Crippen molar-refractivity contribution in [3.63, 3.8) is 0 Å². The highest BCUT2D eigenvalue weighted by Crippen LogP contribution is 2.04. The molecule has 14 heavy (non-hydrogen) atoms. The number of carbonyl (C=O) groups is 1. The number of nitrogens with zero attached hydrogens (tertiary/aromatic N) is 1. The smallest absolute Gasteiger partial charge is 0.337 e. The molecule has 0 radical (unpaired) electrons. The van der Waals surface area contributed by atoms with Crippen molar-refractivity contribution in [1.29, 1.82) is 0 Å². The van der Waals surface area contributed by atoms with Gasteiger partial charge in [0.15, 0.2) is 0 Å². The summed E-state index contributed by atoms with van der Waals surface area (Å²) < 4.78 is 1.86. The zero-order valence-corrected chi connectivity index (χ0v) is 8.02. The molecule has 0 atom stereocenters. The number of aliphatic hydroxyl groups is 1. The number of hydrogen-bond acceptors (Lipinski definition) is 2. The van der Waals surface area contributed by atoms with E-state index >= 15 is 0 Å². The quantitative estimate of drug-likeness (QED) is 0.676. The van der Waals surface area contributed by atoms with E-state index in [0.717, 1.165) is 25.8 Å². The highest BCUT2D eigenvalue weighted by Gasteiger charge is 2.03. The maximum Gasteiger partial charge on any atom is 0.337 e. The first kappa shape index (κ1) is 10.8. The van der Waals surface area contributed by atoms with E-state index in [0.29, 0.717) is 5.56 Å². The fourth-order valence-corrected chi connectivity index (χ4v) is 1.29. The van der Waals surface area contributed by atoms with Crippen LogP contribution in [0.3, 0.4) is 0 Å². The van der Waals surface area contributed by atoms with E-state index in [1.165, 1.54) is 0 Å². The Labute approximate surface area is 82.8 Å². The van der Waals surface area contributed by atoms with Crippen molar-refractivity contribution in [3.8, 4) is 0 Å². The molecule has 0 spiro atoms. The van der Waals surface area contributed by atoms with Gasteiger partial charge in [-0.1, -0.05) is 0 Å². The summed E-state index contributed by atoms with van der Waals surface area (Å²) in [4.78, 5) is 10.5. The number of rotatable bonds is 6. The van der Waals surface area contributed by atoms with Crippen LogP contribution in [0.4, 0.5) is 0 Å². The molecule has 4 heteroatoms. The van der Waals surface area contributed by atoms with Crippen LogP contribution in [0.2, 0.25) is 0 Å². The highest BCUT2D eigenvalue weighted by atomic mass is 16.4. The molecule has 0 bridgehead atoms. The minimum atomic E-state index is -0.890. The van der Waals surface area contributed by atoms with Gasteiger partial charge in [-0.15, -0.1) is 0 Å². The molecule has 1 aromatic heterocycles. The van der Waals surface area contributed by atoms with E-state index in [-0.39, 0.29) is 6.61 Å². The fourth-order valence-electron chi connectivity index (χ4n) is 1.29. The Hall–Kier alpha value is -1.29. The second kappa shape index (κ2) is 5.44. The number of aliphatic hydroxyl groups excluding tert-OH is 1. The van der Waals surface area contributed by atoms with Gasteiger partial charge in [0.1, 0.15) is 0 Å². The number of unbranched alkanes of at least 4 members (excludes halogenated alkanes) is 2. The van der Waals surface area contributed by atoms with E-state index in [2.05, 4.69) is 0 Å². The van der Waals surface area contributed by atoms with Gasteiger partial charge >= 0.3 is 5.97 Å². The van der Waals surface area contributed by atoms with Crippen molar-refractivity contribution in [3.05, 3.63) is 24.0 Å². The summed E-state index contributed by atoms with van der Waals surface area (Å²) in [6.07, 6.45) is 6.14. The van der Waals surface area contributed by atoms with Crippen molar-refractivity contribution in [2.24, 2.45) is 0 Å². The lowest BCUT2D eigenvalue weighted by Crippen LogP contribution is -1.97.